The van der Waals surface area contributed by atoms with Crippen LogP contribution in [0.3, 0.4) is 0 Å². The van der Waals surface area contributed by atoms with Crippen molar-refractivity contribution in [3.05, 3.63) is 17.9 Å². The average molecular weight is 158 g/mol. The van der Waals surface area contributed by atoms with E-state index in [2.05, 4.69) is 15.8 Å². The summed E-state index contributed by atoms with van der Waals surface area (Å²) < 4.78 is 4.54. The fraction of sp³-hybridized carbons (Fsp3) is 0. The molecule has 0 heterocycles. The largest absolute Gasteiger partial charge is 0.548 e. The van der Waals surface area contributed by atoms with Gasteiger partial charge in [-0.25, -0.2) is 4.79 Å². The van der Waals surface area contributed by atoms with Crippen LogP contribution in [0.25, 0.3) is 5.53 Å². The van der Waals surface area contributed by atoms with Crippen LogP contribution in [0.15, 0.2) is 12.3 Å². The number of hydrogen-bond donors (Lipinski definition) is 1. The molecule has 0 atom stereocenters. The Bertz CT molecular complexity index is 219. The van der Waals surface area contributed by atoms with Gasteiger partial charge >= 0.3 is 11.7 Å². The minimum absolute atomic E-state index is 0.123. The highest BCUT2D eigenvalue weighted by Crippen LogP contribution is 1.90. The van der Waals surface area contributed by atoms with Crippen LogP contribution >= 0.6 is 0 Å². The Labute approximate surface area is 60.1 Å². The number of carboxylic acids is 1. The molecule has 1 N–H and O–H groups in total. The summed E-state index contributed by atoms with van der Waals surface area (Å²) in [4.78, 5) is 12.6. The normalized spacial score (nSPS) is 8.00. The number of carboxylic acid groups (broad SMARTS) is 1. The molecule has 0 aromatic rings. The molecule has 6 heteroatoms. The van der Waals surface area contributed by atoms with Gasteiger partial charge in [0.2, 0.25) is 10.5 Å². The fourth-order valence-electron chi connectivity index (χ4n) is 0.314. The van der Waals surface area contributed by atoms with Crippen molar-refractivity contribution >= 4 is 22.2 Å². The summed E-state index contributed by atoms with van der Waals surface area (Å²) in [6, 6.07) is 0. The second-order valence-electron chi connectivity index (χ2n) is 1.38. The van der Waals surface area contributed by atoms with E-state index >= 15 is 0 Å². The molecule has 0 aromatic carbocycles. The molecule has 5 nitrogen and oxygen atoms in total. The first kappa shape index (κ1) is 8.61. The number of nitrogens with zero attached hydrogens (tertiary/aromatic N) is 2. The second-order valence-corrected chi connectivity index (χ2v) is 1.79. The number of hydrogen-bond acceptors (Lipinski definition) is 2. The van der Waals surface area contributed by atoms with Gasteiger partial charge < -0.3 is 15.1 Å². The molecule has 0 aliphatic heterocycles. The van der Waals surface area contributed by atoms with Crippen molar-refractivity contribution in [1.29, 1.82) is 0 Å². The van der Waals surface area contributed by atoms with Crippen LogP contribution in [-0.2, 0) is 9.22 Å². The third-order valence-electron chi connectivity index (χ3n) is 0.813. The van der Waals surface area contributed by atoms with Crippen LogP contribution < -0.4 is 0 Å². The Morgan fingerprint density at radius 2 is 2.30 bits per heavy atom. The van der Waals surface area contributed by atoms with E-state index in [4.69, 9.17) is 10.6 Å². The van der Waals surface area contributed by atoms with Gasteiger partial charge in [0.1, 0.15) is 0 Å². The van der Waals surface area contributed by atoms with Gasteiger partial charge in [0.15, 0.2) is 5.76 Å². The second kappa shape index (κ2) is 3.60. The number of aliphatic carboxylic acids is 1. The highest BCUT2D eigenvalue weighted by Gasteiger charge is 2.22. The van der Waals surface area contributed by atoms with E-state index in [9.17, 15) is 4.79 Å². The van der Waals surface area contributed by atoms with E-state index < -0.39 is 11.7 Å². The van der Waals surface area contributed by atoms with Crippen LogP contribution in [-0.4, -0.2) is 32.1 Å². The standard InChI is InChI=1S/C4H6N2O3Si/c1-2(9-10)3(6-5)4(7)8/h1H2,10H3,(H,7,8). The van der Waals surface area contributed by atoms with Crippen LogP contribution in [0.2, 0.25) is 0 Å². The summed E-state index contributed by atoms with van der Waals surface area (Å²) in [6.45, 7) is 3.21. The highest BCUT2D eigenvalue weighted by molar-refractivity contribution is 6.39. The van der Waals surface area contributed by atoms with Crippen LogP contribution in [0.5, 0.6) is 0 Å². The lowest BCUT2D eigenvalue weighted by Crippen LogP contribution is -2.17. The topological polar surface area (TPSA) is 82.9 Å². The van der Waals surface area contributed by atoms with E-state index in [-0.39, 0.29) is 5.76 Å². The third-order valence-corrected chi connectivity index (χ3v) is 1.31. The lowest BCUT2D eigenvalue weighted by Gasteiger charge is -1.93. The van der Waals surface area contributed by atoms with E-state index in [0.29, 0.717) is 10.5 Å². The smallest absolute Gasteiger partial charge is 0.438 e. The first-order valence-corrected chi connectivity index (χ1v) is 3.13. The van der Waals surface area contributed by atoms with Crippen molar-refractivity contribution in [3.63, 3.8) is 0 Å². The van der Waals surface area contributed by atoms with Crippen LogP contribution in [0.4, 0.5) is 0 Å². The summed E-state index contributed by atoms with van der Waals surface area (Å²) >= 11 is 0. The molecule has 0 unspecified atom stereocenters. The van der Waals surface area contributed by atoms with Gasteiger partial charge in [-0.3, -0.25) is 0 Å². The predicted octanol–water partition coefficient (Wildman–Crippen LogP) is -1.45. The summed E-state index contributed by atoms with van der Waals surface area (Å²) in [5, 5.41) is 8.26. The van der Waals surface area contributed by atoms with Crippen molar-refractivity contribution in [2.75, 3.05) is 0 Å². The predicted molar refractivity (Wildman–Crippen MR) is 36.4 cm³/mol. The summed E-state index contributed by atoms with van der Waals surface area (Å²) in [6.07, 6.45) is 0. The lowest BCUT2D eigenvalue weighted by atomic mass is 10.3. The maximum absolute atomic E-state index is 10.1. The van der Waals surface area contributed by atoms with Crippen molar-refractivity contribution in [1.82, 2.24) is 0 Å². The molecule has 0 rings (SSSR count). The van der Waals surface area contributed by atoms with Gasteiger partial charge in [-0.05, 0) is 6.58 Å². The van der Waals surface area contributed by atoms with Crippen LogP contribution in [0, 0.1) is 0 Å². The summed E-state index contributed by atoms with van der Waals surface area (Å²) in [5.74, 6) is -1.48. The summed E-state index contributed by atoms with van der Waals surface area (Å²) in [7, 11) is 0.316. The third kappa shape index (κ3) is 1.85. The van der Waals surface area contributed by atoms with E-state index in [0.717, 1.165) is 0 Å². The monoisotopic (exact) mass is 158 g/mol. The Morgan fingerprint density at radius 1 is 1.80 bits per heavy atom. The quantitative estimate of drug-likeness (QED) is 0.179. The molecule has 0 spiro atoms. The van der Waals surface area contributed by atoms with Gasteiger partial charge in [-0.2, -0.15) is 4.79 Å². The van der Waals surface area contributed by atoms with E-state index in [1.165, 1.54) is 0 Å². The average Bonchev–Trinajstić information content (AvgIpc) is 1.88. The highest BCUT2D eigenvalue weighted by atomic mass is 28.2. The molecule has 0 aliphatic carbocycles. The van der Waals surface area contributed by atoms with Crippen molar-refractivity contribution in [2.45, 2.75) is 0 Å². The minimum Gasteiger partial charge on any atom is -0.548 e. The molecule has 54 valence electrons. The van der Waals surface area contributed by atoms with Gasteiger partial charge in [-0.15, -0.1) is 0 Å². The van der Waals surface area contributed by atoms with Gasteiger partial charge in [-0.1, -0.05) is 0 Å². The minimum atomic E-state index is -1.36. The Kier molecular flexibility index (Phi) is 3.10. The zero-order valence-corrected chi connectivity index (χ0v) is 7.37. The molecule has 0 saturated carbocycles. The maximum atomic E-state index is 10.1. The molecule has 0 amide bonds. The lowest BCUT2D eigenvalue weighted by molar-refractivity contribution is -0.134. The van der Waals surface area contributed by atoms with Crippen molar-refractivity contribution in [3.8, 4) is 0 Å². The van der Waals surface area contributed by atoms with E-state index in [1.54, 1.807) is 0 Å². The first-order valence-electron chi connectivity index (χ1n) is 2.32. The maximum Gasteiger partial charge on any atom is 0.438 e. The Morgan fingerprint density at radius 3 is 2.40 bits per heavy atom. The van der Waals surface area contributed by atoms with Crippen LogP contribution in [0.1, 0.15) is 0 Å². The van der Waals surface area contributed by atoms with Gasteiger partial charge in [0.05, 0.1) is 0 Å². The fourth-order valence-corrected chi connectivity index (χ4v) is 0.508. The zero-order chi connectivity index (χ0) is 8.15. The molecule has 0 radical (unpaired) electrons. The number of rotatable bonds is 3. The molecule has 0 saturated heterocycles. The molecular weight excluding hydrogens is 152 g/mol. The van der Waals surface area contributed by atoms with Crippen molar-refractivity contribution in [2.24, 2.45) is 0 Å². The van der Waals surface area contributed by atoms with E-state index in [1.807, 2.05) is 0 Å². The molecule has 10 heavy (non-hydrogen) atoms. The van der Waals surface area contributed by atoms with Gasteiger partial charge in [0.25, 0.3) is 0 Å². The molecule has 0 aromatic heterocycles. The summed E-state index contributed by atoms with van der Waals surface area (Å²) in [5.41, 5.74) is 7.52. The molecule has 0 aliphatic rings. The zero-order valence-electron chi connectivity index (χ0n) is 5.37. The Hall–Kier alpha value is -1.39. The molecule has 0 bridgehead atoms. The number of carbonyl (C=O) groups is 1. The van der Waals surface area contributed by atoms with Crippen molar-refractivity contribution < 1.29 is 19.1 Å². The molecular formula is C4H6N2O3Si. The molecule has 0 fully saturated rings. The Balaban J connectivity index is 4.56. The van der Waals surface area contributed by atoms with Gasteiger partial charge in [0, 0.05) is 0 Å². The first-order chi connectivity index (χ1) is 4.63. The SMILES string of the molecule is C=C(O[SiH3])C(=[N+]=[N-])C(=O)O.